The van der Waals surface area contributed by atoms with Crippen molar-refractivity contribution in [2.45, 2.75) is 25.7 Å². The average Bonchev–Trinajstić information content (AvgIpc) is 1.99. The van der Waals surface area contributed by atoms with E-state index in [0.717, 1.165) is 6.08 Å². The molecule has 3 nitrogen and oxygen atoms in total. The van der Waals surface area contributed by atoms with Gasteiger partial charge < -0.3 is 5.11 Å². The Kier molecular flexibility index (Phi) is 3.79. The Morgan fingerprint density at radius 2 is 2.27 bits per heavy atom. The first-order valence-corrected chi connectivity index (χ1v) is 4.89. The van der Waals surface area contributed by atoms with Crippen molar-refractivity contribution in [1.29, 1.82) is 0 Å². The minimum atomic E-state index is -2.62. The Bertz CT molecular complexity index is 277. The Balaban J connectivity index is 2.48. The van der Waals surface area contributed by atoms with Gasteiger partial charge in [0.2, 0.25) is 0 Å². The standard InChI is InChI=1S/C10H15F2NO2/c1-8(5-9(14)15)6-13-4-2-3-10(11,12)7-13/h5H,2-4,6-7H2,1H3,(H,14,15)/b8-5+. The van der Waals surface area contributed by atoms with Gasteiger partial charge >= 0.3 is 5.97 Å². The van der Waals surface area contributed by atoms with E-state index in [1.165, 1.54) is 0 Å². The van der Waals surface area contributed by atoms with Crippen LogP contribution in [-0.2, 0) is 4.79 Å². The molecule has 0 atom stereocenters. The van der Waals surface area contributed by atoms with Crippen LogP contribution in [0.3, 0.4) is 0 Å². The molecule has 86 valence electrons. The maximum Gasteiger partial charge on any atom is 0.328 e. The maximum atomic E-state index is 13.0. The van der Waals surface area contributed by atoms with E-state index in [9.17, 15) is 13.6 Å². The summed E-state index contributed by atoms with van der Waals surface area (Å²) in [7, 11) is 0. The minimum Gasteiger partial charge on any atom is -0.478 e. The highest BCUT2D eigenvalue weighted by Gasteiger charge is 2.34. The second-order valence-electron chi connectivity index (χ2n) is 4.00. The van der Waals surface area contributed by atoms with Crippen LogP contribution in [0, 0.1) is 0 Å². The molecule has 0 bridgehead atoms. The molecule has 1 heterocycles. The molecule has 0 aromatic rings. The van der Waals surface area contributed by atoms with Crippen LogP contribution < -0.4 is 0 Å². The van der Waals surface area contributed by atoms with E-state index in [2.05, 4.69) is 0 Å². The summed E-state index contributed by atoms with van der Waals surface area (Å²) in [4.78, 5) is 11.9. The van der Waals surface area contributed by atoms with Gasteiger partial charge in [-0.05, 0) is 19.9 Å². The first kappa shape index (κ1) is 12.1. The van der Waals surface area contributed by atoms with Gasteiger partial charge in [-0.1, -0.05) is 5.57 Å². The normalized spacial score (nSPS) is 22.7. The zero-order valence-corrected chi connectivity index (χ0v) is 8.67. The third-order valence-corrected chi connectivity index (χ3v) is 2.31. The Hall–Kier alpha value is -0.970. The molecule has 0 aromatic heterocycles. The van der Waals surface area contributed by atoms with Crippen LogP contribution in [0.2, 0.25) is 0 Å². The molecule has 0 saturated carbocycles. The van der Waals surface area contributed by atoms with Gasteiger partial charge in [0.1, 0.15) is 0 Å². The van der Waals surface area contributed by atoms with E-state index in [0.29, 0.717) is 25.1 Å². The summed E-state index contributed by atoms with van der Waals surface area (Å²) in [5.41, 5.74) is 0.597. The quantitative estimate of drug-likeness (QED) is 0.735. The minimum absolute atomic E-state index is 0.0643. The number of piperidine rings is 1. The predicted molar refractivity (Wildman–Crippen MR) is 52.0 cm³/mol. The molecular formula is C10H15F2NO2. The van der Waals surface area contributed by atoms with Gasteiger partial charge in [0.25, 0.3) is 5.92 Å². The summed E-state index contributed by atoms with van der Waals surface area (Å²) >= 11 is 0. The van der Waals surface area contributed by atoms with Gasteiger partial charge in [0.05, 0.1) is 6.54 Å². The summed E-state index contributed by atoms with van der Waals surface area (Å²) < 4.78 is 26.0. The van der Waals surface area contributed by atoms with Crippen molar-refractivity contribution in [1.82, 2.24) is 4.90 Å². The number of hydrogen-bond donors (Lipinski definition) is 1. The number of halogens is 2. The van der Waals surface area contributed by atoms with E-state index < -0.39 is 11.9 Å². The molecule has 1 N–H and O–H groups in total. The summed E-state index contributed by atoms with van der Waals surface area (Å²) in [5.74, 6) is -3.65. The van der Waals surface area contributed by atoms with E-state index in [4.69, 9.17) is 5.11 Å². The molecule has 1 aliphatic heterocycles. The van der Waals surface area contributed by atoms with Crippen LogP contribution in [0.25, 0.3) is 0 Å². The van der Waals surface area contributed by atoms with Crippen molar-refractivity contribution in [2.24, 2.45) is 0 Å². The number of likely N-dealkylation sites (tertiary alicyclic amines) is 1. The smallest absolute Gasteiger partial charge is 0.328 e. The fraction of sp³-hybridized carbons (Fsp3) is 0.700. The lowest BCUT2D eigenvalue weighted by Crippen LogP contribution is -2.43. The average molecular weight is 219 g/mol. The van der Waals surface area contributed by atoms with Crippen LogP contribution in [0.1, 0.15) is 19.8 Å². The summed E-state index contributed by atoms with van der Waals surface area (Å²) in [6.07, 6.45) is 1.46. The second-order valence-corrected chi connectivity index (χ2v) is 4.00. The van der Waals surface area contributed by atoms with Crippen LogP contribution in [-0.4, -0.2) is 41.5 Å². The van der Waals surface area contributed by atoms with E-state index in [1.807, 2.05) is 0 Å². The highest BCUT2D eigenvalue weighted by molar-refractivity contribution is 5.80. The molecule has 0 amide bonds. The molecule has 1 aliphatic rings. The van der Waals surface area contributed by atoms with Crippen molar-refractivity contribution < 1.29 is 18.7 Å². The zero-order valence-electron chi connectivity index (χ0n) is 8.67. The first-order chi connectivity index (χ1) is 6.89. The van der Waals surface area contributed by atoms with Crippen molar-refractivity contribution in [3.63, 3.8) is 0 Å². The Morgan fingerprint density at radius 1 is 1.60 bits per heavy atom. The molecular weight excluding hydrogens is 204 g/mol. The molecule has 15 heavy (non-hydrogen) atoms. The highest BCUT2D eigenvalue weighted by atomic mass is 19.3. The van der Waals surface area contributed by atoms with Gasteiger partial charge in [0, 0.05) is 19.0 Å². The molecule has 5 heteroatoms. The number of nitrogens with zero attached hydrogens (tertiary/aromatic N) is 1. The number of hydrogen-bond acceptors (Lipinski definition) is 2. The number of carbonyl (C=O) groups is 1. The van der Waals surface area contributed by atoms with Gasteiger partial charge in [-0.15, -0.1) is 0 Å². The van der Waals surface area contributed by atoms with Crippen molar-refractivity contribution in [3.8, 4) is 0 Å². The second kappa shape index (κ2) is 4.70. The number of aliphatic carboxylic acids is 1. The first-order valence-electron chi connectivity index (χ1n) is 4.89. The van der Waals surface area contributed by atoms with Crippen LogP contribution >= 0.6 is 0 Å². The van der Waals surface area contributed by atoms with Crippen LogP contribution in [0.5, 0.6) is 0 Å². The van der Waals surface area contributed by atoms with Crippen molar-refractivity contribution >= 4 is 5.97 Å². The van der Waals surface area contributed by atoms with E-state index in [-0.39, 0.29) is 13.0 Å². The van der Waals surface area contributed by atoms with E-state index >= 15 is 0 Å². The monoisotopic (exact) mass is 219 g/mol. The largest absolute Gasteiger partial charge is 0.478 e. The van der Waals surface area contributed by atoms with Gasteiger partial charge in [-0.2, -0.15) is 0 Å². The van der Waals surface area contributed by atoms with Gasteiger partial charge in [0.15, 0.2) is 0 Å². The molecule has 1 rings (SSSR count). The fourth-order valence-electron chi connectivity index (χ4n) is 1.79. The fourth-order valence-corrected chi connectivity index (χ4v) is 1.79. The maximum absolute atomic E-state index is 13.0. The molecule has 0 aliphatic carbocycles. The van der Waals surface area contributed by atoms with Gasteiger partial charge in [-0.25, -0.2) is 13.6 Å². The third-order valence-electron chi connectivity index (χ3n) is 2.31. The molecule has 0 radical (unpaired) electrons. The molecule has 0 unspecified atom stereocenters. The van der Waals surface area contributed by atoms with Crippen LogP contribution in [0.15, 0.2) is 11.6 Å². The van der Waals surface area contributed by atoms with Crippen molar-refractivity contribution in [3.05, 3.63) is 11.6 Å². The summed E-state index contributed by atoms with van der Waals surface area (Å²) in [6.45, 7) is 2.29. The Morgan fingerprint density at radius 3 is 2.80 bits per heavy atom. The molecule has 1 fully saturated rings. The topological polar surface area (TPSA) is 40.5 Å². The zero-order chi connectivity index (χ0) is 11.5. The lowest BCUT2D eigenvalue weighted by molar-refractivity contribution is -0.131. The number of carboxylic acids is 1. The van der Waals surface area contributed by atoms with E-state index in [1.54, 1.807) is 11.8 Å². The number of rotatable bonds is 3. The lowest BCUT2D eigenvalue weighted by atomic mass is 10.1. The highest BCUT2D eigenvalue weighted by Crippen LogP contribution is 2.26. The third kappa shape index (κ3) is 4.38. The summed E-state index contributed by atoms with van der Waals surface area (Å²) in [6, 6.07) is 0. The Labute approximate surface area is 87.4 Å². The number of alkyl halides is 2. The number of carboxylic acid groups (broad SMARTS) is 1. The lowest BCUT2D eigenvalue weighted by Gasteiger charge is -2.32. The van der Waals surface area contributed by atoms with Crippen LogP contribution in [0.4, 0.5) is 8.78 Å². The van der Waals surface area contributed by atoms with Gasteiger partial charge in [-0.3, -0.25) is 4.90 Å². The van der Waals surface area contributed by atoms with Crippen molar-refractivity contribution in [2.75, 3.05) is 19.6 Å². The SMILES string of the molecule is C/C(=C\C(=O)O)CN1CCCC(F)(F)C1. The molecule has 0 aromatic carbocycles. The molecule has 0 spiro atoms. The molecule has 1 saturated heterocycles. The predicted octanol–water partition coefficient (Wildman–Crippen LogP) is 1.75. The summed E-state index contributed by atoms with van der Waals surface area (Å²) in [5, 5.41) is 8.47.